The molecule has 1 aromatic carbocycles. The van der Waals surface area contributed by atoms with Crippen molar-refractivity contribution in [3.8, 4) is 0 Å². The molecule has 0 amide bonds. The lowest BCUT2D eigenvalue weighted by molar-refractivity contribution is 0.273. The highest BCUT2D eigenvalue weighted by Crippen LogP contribution is 2.20. The Hall–Kier alpha value is -1.06. The van der Waals surface area contributed by atoms with Gasteiger partial charge in [-0.15, -0.1) is 0 Å². The van der Waals surface area contributed by atoms with Gasteiger partial charge >= 0.3 is 0 Å². The van der Waals surface area contributed by atoms with Crippen LogP contribution in [0.3, 0.4) is 0 Å². The first-order chi connectivity index (χ1) is 8.31. The Balaban J connectivity index is 2.16. The molecule has 2 N–H and O–H groups in total. The van der Waals surface area contributed by atoms with Crippen molar-refractivity contribution in [2.75, 3.05) is 31.1 Å². The lowest BCUT2D eigenvalue weighted by Gasteiger charge is -2.31. The van der Waals surface area contributed by atoms with Crippen molar-refractivity contribution in [2.45, 2.75) is 25.8 Å². The molecule has 1 aliphatic rings. The van der Waals surface area contributed by atoms with Gasteiger partial charge in [-0.3, -0.25) is 0 Å². The number of anilines is 1. The maximum atomic E-state index is 9.16. The van der Waals surface area contributed by atoms with Crippen molar-refractivity contribution in [1.29, 1.82) is 0 Å². The number of hydrogen-bond acceptors (Lipinski definition) is 3. The number of nitrogens with zero attached hydrogens (tertiary/aromatic N) is 1. The molecule has 1 aromatic rings. The molecule has 17 heavy (non-hydrogen) atoms. The normalized spacial score (nSPS) is 21.3. The molecule has 0 spiro atoms. The van der Waals surface area contributed by atoms with Crippen LogP contribution < -0.4 is 10.2 Å². The van der Waals surface area contributed by atoms with Crippen molar-refractivity contribution in [1.82, 2.24) is 5.32 Å². The maximum absolute atomic E-state index is 9.16. The van der Waals surface area contributed by atoms with Crippen molar-refractivity contribution in [3.05, 3.63) is 29.8 Å². The van der Waals surface area contributed by atoms with E-state index in [1.165, 1.54) is 11.3 Å². The van der Waals surface area contributed by atoms with Gasteiger partial charge in [0.2, 0.25) is 0 Å². The van der Waals surface area contributed by atoms with Crippen LogP contribution in [0.2, 0.25) is 0 Å². The molecule has 1 fully saturated rings. The maximum Gasteiger partial charge on any atom is 0.0451 e. The first-order valence-electron chi connectivity index (χ1n) is 6.46. The monoisotopic (exact) mass is 234 g/mol. The van der Waals surface area contributed by atoms with E-state index in [-0.39, 0.29) is 6.61 Å². The summed E-state index contributed by atoms with van der Waals surface area (Å²) >= 11 is 0. The fourth-order valence-electron chi connectivity index (χ4n) is 2.42. The molecule has 2 rings (SSSR count). The number of nitrogens with one attached hydrogen (secondary N) is 1. The molecular weight excluding hydrogens is 212 g/mol. The van der Waals surface area contributed by atoms with Gasteiger partial charge in [0.1, 0.15) is 0 Å². The van der Waals surface area contributed by atoms with Gasteiger partial charge < -0.3 is 15.3 Å². The van der Waals surface area contributed by atoms with Crippen molar-refractivity contribution >= 4 is 5.69 Å². The van der Waals surface area contributed by atoms with Gasteiger partial charge in [0, 0.05) is 31.4 Å². The third-order valence-corrected chi connectivity index (χ3v) is 3.40. The van der Waals surface area contributed by atoms with E-state index in [9.17, 15) is 0 Å². The summed E-state index contributed by atoms with van der Waals surface area (Å²) in [6.45, 7) is 5.48. The predicted molar refractivity (Wildman–Crippen MR) is 71.5 cm³/mol. The number of aliphatic hydroxyl groups is 1. The molecular formula is C14H22N2O. The molecule has 1 aliphatic heterocycles. The van der Waals surface area contributed by atoms with Gasteiger partial charge in [0.15, 0.2) is 0 Å². The van der Waals surface area contributed by atoms with Crippen molar-refractivity contribution < 1.29 is 5.11 Å². The zero-order valence-electron chi connectivity index (χ0n) is 10.5. The second-order valence-corrected chi connectivity index (χ2v) is 4.75. The topological polar surface area (TPSA) is 35.5 Å². The summed E-state index contributed by atoms with van der Waals surface area (Å²) in [7, 11) is 0. The average Bonchev–Trinajstić information content (AvgIpc) is 2.56. The molecule has 1 saturated heterocycles. The Bertz CT molecular complexity index is 337. The van der Waals surface area contributed by atoms with E-state index < -0.39 is 0 Å². The molecule has 0 radical (unpaired) electrons. The number of aryl methyl sites for hydroxylation is 1. The lowest BCUT2D eigenvalue weighted by Crippen LogP contribution is -2.40. The Morgan fingerprint density at radius 1 is 1.35 bits per heavy atom. The van der Waals surface area contributed by atoms with Gasteiger partial charge in [-0.1, -0.05) is 17.7 Å². The Kier molecular flexibility index (Phi) is 4.40. The van der Waals surface area contributed by atoms with Crippen LogP contribution in [0.25, 0.3) is 0 Å². The minimum Gasteiger partial charge on any atom is -0.396 e. The molecule has 0 saturated carbocycles. The minimum absolute atomic E-state index is 0.259. The summed E-state index contributed by atoms with van der Waals surface area (Å²) in [6.07, 6.45) is 2.00. The Labute approximate surface area is 103 Å². The Morgan fingerprint density at radius 2 is 2.12 bits per heavy atom. The molecule has 0 aromatic heterocycles. The van der Waals surface area contributed by atoms with Gasteiger partial charge in [0.25, 0.3) is 0 Å². The molecule has 1 atom stereocenters. The molecule has 3 heteroatoms. The van der Waals surface area contributed by atoms with E-state index in [0.29, 0.717) is 6.04 Å². The number of rotatable bonds is 3. The van der Waals surface area contributed by atoms with Crippen LogP contribution in [0.5, 0.6) is 0 Å². The molecule has 3 nitrogen and oxygen atoms in total. The second kappa shape index (κ2) is 6.03. The molecule has 94 valence electrons. The van der Waals surface area contributed by atoms with Crippen LogP contribution in [0.4, 0.5) is 5.69 Å². The van der Waals surface area contributed by atoms with Crippen molar-refractivity contribution in [2.24, 2.45) is 0 Å². The van der Waals surface area contributed by atoms with Gasteiger partial charge in [0.05, 0.1) is 0 Å². The number of aliphatic hydroxyl groups excluding tert-OH is 1. The summed E-state index contributed by atoms with van der Waals surface area (Å²) in [4.78, 5) is 2.43. The van der Waals surface area contributed by atoms with E-state index in [1.54, 1.807) is 0 Å². The van der Waals surface area contributed by atoms with Crippen molar-refractivity contribution in [3.63, 3.8) is 0 Å². The van der Waals surface area contributed by atoms with E-state index >= 15 is 0 Å². The highest BCUT2D eigenvalue weighted by molar-refractivity contribution is 5.48. The van der Waals surface area contributed by atoms with Gasteiger partial charge in [-0.25, -0.2) is 0 Å². The molecule has 1 heterocycles. The third-order valence-electron chi connectivity index (χ3n) is 3.40. The predicted octanol–water partition coefficient (Wildman–Crippen LogP) is 1.55. The van der Waals surface area contributed by atoms with Crippen LogP contribution in [0.1, 0.15) is 18.4 Å². The summed E-state index contributed by atoms with van der Waals surface area (Å²) in [5.74, 6) is 0. The average molecular weight is 234 g/mol. The van der Waals surface area contributed by atoms with Crippen LogP contribution in [0.15, 0.2) is 24.3 Å². The smallest absolute Gasteiger partial charge is 0.0451 e. The summed E-state index contributed by atoms with van der Waals surface area (Å²) in [6, 6.07) is 9.09. The molecule has 0 aliphatic carbocycles. The number of hydrogen-bond donors (Lipinski definition) is 2. The van der Waals surface area contributed by atoms with Crippen LogP contribution >= 0.6 is 0 Å². The quantitative estimate of drug-likeness (QED) is 0.833. The van der Waals surface area contributed by atoms with E-state index in [1.807, 2.05) is 0 Å². The zero-order valence-corrected chi connectivity index (χ0v) is 10.5. The van der Waals surface area contributed by atoms with E-state index in [2.05, 4.69) is 41.4 Å². The lowest BCUT2D eigenvalue weighted by atomic mass is 10.1. The third kappa shape index (κ3) is 3.20. The summed E-state index contributed by atoms with van der Waals surface area (Å²) in [5, 5.41) is 12.6. The summed E-state index contributed by atoms with van der Waals surface area (Å²) < 4.78 is 0. The van der Waals surface area contributed by atoms with Crippen LogP contribution in [-0.4, -0.2) is 37.4 Å². The summed E-state index contributed by atoms with van der Waals surface area (Å²) in [5.41, 5.74) is 2.57. The fraction of sp³-hybridized carbons (Fsp3) is 0.571. The second-order valence-electron chi connectivity index (χ2n) is 4.75. The largest absolute Gasteiger partial charge is 0.396 e. The molecule has 0 bridgehead atoms. The first-order valence-corrected chi connectivity index (χ1v) is 6.46. The SMILES string of the molecule is Cc1ccc(N2CCCNCC2CCO)cc1. The zero-order chi connectivity index (χ0) is 12.1. The first kappa shape index (κ1) is 12.4. The standard InChI is InChI=1S/C14H22N2O/c1-12-3-5-13(6-4-12)16-9-2-8-15-11-14(16)7-10-17/h3-6,14-15,17H,2,7-11H2,1H3. The van der Waals surface area contributed by atoms with E-state index in [4.69, 9.17) is 5.11 Å². The number of benzene rings is 1. The van der Waals surface area contributed by atoms with E-state index in [0.717, 1.165) is 32.5 Å². The Morgan fingerprint density at radius 3 is 2.82 bits per heavy atom. The highest BCUT2D eigenvalue weighted by Gasteiger charge is 2.20. The van der Waals surface area contributed by atoms with Crippen LogP contribution in [0, 0.1) is 6.92 Å². The molecule has 1 unspecified atom stereocenters. The van der Waals surface area contributed by atoms with Gasteiger partial charge in [-0.05, 0) is 38.4 Å². The van der Waals surface area contributed by atoms with Gasteiger partial charge in [-0.2, -0.15) is 0 Å². The highest BCUT2D eigenvalue weighted by atomic mass is 16.3. The van der Waals surface area contributed by atoms with Crippen LogP contribution in [-0.2, 0) is 0 Å². The fourth-order valence-corrected chi connectivity index (χ4v) is 2.42. The minimum atomic E-state index is 0.259.